The van der Waals surface area contributed by atoms with Crippen LogP contribution in [-0.2, 0) is 19.1 Å². The molecule has 0 heterocycles. The number of unbranched alkanes of at least 4 members (excludes halogenated alkanes) is 14. The quantitative estimate of drug-likeness (QED) is 0.129. The zero-order chi connectivity index (χ0) is 24.1. The van der Waals surface area contributed by atoms with Crippen LogP contribution in [0.25, 0.3) is 0 Å². The molecule has 0 N–H and O–H groups in total. The van der Waals surface area contributed by atoms with Gasteiger partial charge in [-0.05, 0) is 31.6 Å². The number of carbonyl (C=O) groups is 2. The average molecular weight is 455 g/mol. The molecule has 0 radical (unpaired) electrons. The van der Waals surface area contributed by atoms with Crippen molar-refractivity contribution in [2.75, 3.05) is 6.61 Å². The van der Waals surface area contributed by atoms with Gasteiger partial charge < -0.3 is 9.47 Å². The highest BCUT2D eigenvalue weighted by molar-refractivity contribution is 5.69. The Kier molecular flexibility index (Phi) is 19.9. The third-order valence-electron chi connectivity index (χ3n) is 6.30. The predicted octanol–water partition coefficient (Wildman–Crippen LogP) is 8.55. The topological polar surface area (TPSA) is 52.6 Å². The Morgan fingerprint density at radius 2 is 1.03 bits per heavy atom. The molecule has 0 spiro atoms. The first kappa shape index (κ1) is 30.9. The Bertz CT molecular complexity index is 453. The summed E-state index contributed by atoms with van der Waals surface area (Å²) in [5, 5.41) is 0. The van der Waals surface area contributed by atoms with Crippen LogP contribution in [0.1, 0.15) is 150 Å². The first-order chi connectivity index (χ1) is 15.3. The van der Waals surface area contributed by atoms with Crippen molar-refractivity contribution in [3.63, 3.8) is 0 Å². The summed E-state index contributed by atoms with van der Waals surface area (Å²) in [6.07, 6.45) is 20.0. The Morgan fingerprint density at radius 1 is 0.625 bits per heavy atom. The SMILES string of the molecule is CCCCCCCCCCCCOC(=O)CCCCCCCCC(=O)OC(C)C(C)(C)C. The second kappa shape index (κ2) is 20.5. The number of rotatable bonds is 21. The molecule has 0 amide bonds. The molecular weight excluding hydrogens is 400 g/mol. The molecule has 32 heavy (non-hydrogen) atoms. The van der Waals surface area contributed by atoms with Gasteiger partial charge in [0.1, 0.15) is 6.10 Å². The summed E-state index contributed by atoms with van der Waals surface area (Å²) in [4.78, 5) is 23.7. The van der Waals surface area contributed by atoms with Gasteiger partial charge in [0.25, 0.3) is 0 Å². The fraction of sp³-hybridized carbons (Fsp3) is 0.929. The van der Waals surface area contributed by atoms with Crippen molar-refractivity contribution in [2.24, 2.45) is 5.41 Å². The highest BCUT2D eigenvalue weighted by Gasteiger charge is 2.23. The molecule has 0 saturated carbocycles. The molecule has 0 aliphatic rings. The molecule has 0 aromatic heterocycles. The lowest BCUT2D eigenvalue weighted by molar-refractivity contribution is -0.153. The lowest BCUT2D eigenvalue weighted by Gasteiger charge is -2.26. The monoisotopic (exact) mass is 454 g/mol. The highest BCUT2D eigenvalue weighted by Crippen LogP contribution is 2.22. The van der Waals surface area contributed by atoms with Gasteiger partial charge in [0.2, 0.25) is 0 Å². The van der Waals surface area contributed by atoms with Crippen LogP contribution in [0.15, 0.2) is 0 Å². The van der Waals surface area contributed by atoms with E-state index in [1.807, 2.05) is 6.92 Å². The summed E-state index contributed by atoms with van der Waals surface area (Å²) < 4.78 is 10.8. The first-order valence-electron chi connectivity index (χ1n) is 13.6. The average Bonchev–Trinajstić information content (AvgIpc) is 2.73. The molecule has 4 heteroatoms. The summed E-state index contributed by atoms with van der Waals surface area (Å²) in [5.41, 5.74) is -0.00987. The van der Waals surface area contributed by atoms with Crippen molar-refractivity contribution in [1.82, 2.24) is 0 Å². The van der Waals surface area contributed by atoms with E-state index in [1.165, 1.54) is 57.8 Å². The Labute approximate surface area is 199 Å². The Hall–Kier alpha value is -1.06. The van der Waals surface area contributed by atoms with Gasteiger partial charge in [-0.25, -0.2) is 0 Å². The number of ether oxygens (including phenoxy) is 2. The van der Waals surface area contributed by atoms with E-state index in [-0.39, 0.29) is 23.5 Å². The third-order valence-corrected chi connectivity index (χ3v) is 6.30. The summed E-state index contributed by atoms with van der Waals surface area (Å²) >= 11 is 0. The normalized spacial score (nSPS) is 12.5. The van der Waals surface area contributed by atoms with Crippen molar-refractivity contribution >= 4 is 11.9 Å². The van der Waals surface area contributed by atoms with Crippen LogP contribution < -0.4 is 0 Å². The zero-order valence-electron chi connectivity index (χ0n) is 22.1. The molecule has 0 bridgehead atoms. The van der Waals surface area contributed by atoms with Crippen molar-refractivity contribution < 1.29 is 19.1 Å². The fourth-order valence-electron chi connectivity index (χ4n) is 3.53. The summed E-state index contributed by atoms with van der Waals surface area (Å²) in [5.74, 6) is -0.130. The largest absolute Gasteiger partial charge is 0.466 e. The maximum absolute atomic E-state index is 11.9. The molecule has 190 valence electrons. The summed E-state index contributed by atoms with van der Waals surface area (Å²) in [6, 6.07) is 0. The van der Waals surface area contributed by atoms with Crippen LogP contribution in [0.2, 0.25) is 0 Å². The molecule has 0 saturated heterocycles. The fourth-order valence-corrected chi connectivity index (χ4v) is 3.53. The van der Waals surface area contributed by atoms with Crippen molar-refractivity contribution in [2.45, 2.75) is 156 Å². The number of hydrogen-bond acceptors (Lipinski definition) is 4. The van der Waals surface area contributed by atoms with Gasteiger partial charge >= 0.3 is 11.9 Å². The van der Waals surface area contributed by atoms with Gasteiger partial charge in [-0.3, -0.25) is 9.59 Å². The molecule has 0 rings (SSSR count). The van der Waals surface area contributed by atoms with Crippen molar-refractivity contribution in [1.29, 1.82) is 0 Å². The van der Waals surface area contributed by atoms with Gasteiger partial charge in [-0.15, -0.1) is 0 Å². The van der Waals surface area contributed by atoms with Crippen molar-refractivity contribution in [3.8, 4) is 0 Å². The molecule has 0 aliphatic carbocycles. The van der Waals surface area contributed by atoms with E-state index in [4.69, 9.17) is 9.47 Å². The van der Waals surface area contributed by atoms with Crippen LogP contribution in [0.5, 0.6) is 0 Å². The van der Waals surface area contributed by atoms with E-state index >= 15 is 0 Å². The van der Waals surface area contributed by atoms with Crippen LogP contribution in [0, 0.1) is 5.41 Å². The molecule has 0 aliphatic heterocycles. The van der Waals surface area contributed by atoms with Crippen LogP contribution in [-0.4, -0.2) is 24.6 Å². The lowest BCUT2D eigenvalue weighted by Crippen LogP contribution is -2.28. The standard InChI is InChI=1S/C28H54O4/c1-6-7-8-9-10-11-12-15-18-21-24-31-26(29)22-19-16-13-14-17-20-23-27(30)32-25(2)28(3,4)5/h25H,6-24H2,1-5H3. The summed E-state index contributed by atoms with van der Waals surface area (Å²) in [6.45, 7) is 11.0. The zero-order valence-corrected chi connectivity index (χ0v) is 22.1. The van der Waals surface area contributed by atoms with Gasteiger partial charge in [0.15, 0.2) is 0 Å². The second-order valence-corrected chi connectivity index (χ2v) is 10.5. The van der Waals surface area contributed by atoms with Crippen molar-refractivity contribution in [3.05, 3.63) is 0 Å². The molecule has 0 fully saturated rings. The first-order valence-corrected chi connectivity index (χ1v) is 13.6. The minimum atomic E-state index is -0.0856. The third kappa shape index (κ3) is 20.8. The Morgan fingerprint density at radius 3 is 1.50 bits per heavy atom. The van der Waals surface area contributed by atoms with Gasteiger partial charge in [0.05, 0.1) is 6.61 Å². The van der Waals surface area contributed by atoms with Crippen LogP contribution >= 0.6 is 0 Å². The maximum atomic E-state index is 11.9. The predicted molar refractivity (Wildman–Crippen MR) is 135 cm³/mol. The number of carbonyl (C=O) groups excluding carboxylic acids is 2. The molecule has 0 aromatic carbocycles. The highest BCUT2D eigenvalue weighted by atomic mass is 16.5. The molecule has 0 aromatic rings. The minimum Gasteiger partial charge on any atom is -0.466 e. The number of esters is 2. The lowest BCUT2D eigenvalue weighted by atomic mass is 9.90. The van der Waals surface area contributed by atoms with E-state index in [9.17, 15) is 9.59 Å². The number of hydrogen-bond donors (Lipinski definition) is 0. The Balaban J connectivity index is 3.36. The van der Waals surface area contributed by atoms with E-state index in [1.54, 1.807) is 0 Å². The molecule has 4 nitrogen and oxygen atoms in total. The van der Waals surface area contributed by atoms with Gasteiger partial charge in [-0.2, -0.15) is 0 Å². The second-order valence-electron chi connectivity index (χ2n) is 10.5. The molecular formula is C28H54O4. The van der Waals surface area contributed by atoms with Gasteiger partial charge in [-0.1, -0.05) is 111 Å². The van der Waals surface area contributed by atoms with E-state index in [0.717, 1.165) is 44.9 Å². The maximum Gasteiger partial charge on any atom is 0.306 e. The smallest absolute Gasteiger partial charge is 0.306 e. The van der Waals surface area contributed by atoms with Gasteiger partial charge in [0, 0.05) is 12.8 Å². The summed E-state index contributed by atoms with van der Waals surface area (Å²) in [7, 11) is 0. The minimum absolute atomic E-state index is 0.00987. The van der Waals surface area contributed by atoms with E-state index in [0.29, 0.717) is 19.4 Å². The van der Waals surface area contributed by atoms with Crippen LogP contribution in [0.3, 0.4) is 0 Å². The molecule has 1 atom stereocenters. The van der Waals surface area contributed by atoms with Crippen LogP contribution in [0.4, 0.5) is 0 Å². The van der Waals surface area contributed by atoms with E-state index in [2.05, 4.69) is 27.7 Å². The van der Waals surface area contributed by atoms with E-state index < -0.39 is 0 Å². The molecule has 1 unspecified atom stereocenters.